The van der Waals surface area contributed by atoms with Crippen molar-refractivity contribution >= 4 is 12.6 Å². The van der Waals surface area contributed by atoms with Crippen LogP contribution >= 0.6 is 12.6 Å². The minimum absolute atomic E-state index is 0.180. The fourth-order valence-electron chi connectivity index (χ4n) is 2.63. The molecule has 1 N–H and O–H groups in total. The third-order valence-corrected chi connectivity index (χ3v) is 4.96. The highest BCUT2D eigenvalue weighted by Gasteiger charge is 2.54. The maximum absolute atomic E-state index is 12.8. The van der Waals surface area contributed by atoms with E-state index in [4.69, 9.17) is 0 Å². The zero-order valence-corrected chi connectivity index (χ0v) is 11.2. The van der Waals surface area contributed by atoms with Crippen LogP contribution in [0.5, 0.6) is 0 Å². The van der Waals surface area contributed by atoms with Crippen molar-refractivity contribution in [2.45, 2.75) is 43.9 Å². The molecule has 2 aliphatic rings. The van der Waals surface area contributed by atoms with Crippen LogP contribution in [0.4, 0.5) is 13.2 Å². The topological polar surface area (TPSA) is 23.5 Å². The summed E-state index contributed by atoms with van der Waals surface area (Å²) in [5, 5.41) is 9.71. The van der Waals surface area contributed by atoms with Crippen LogP contribution in [-0.2, 0) is 0 Å². The Morgan fingerprint density at radius 3 is 2.28 bits per heavy atom. The number of hydrogen-bond acceptors (Lipinski definition) is 3. The van der Waals surface area contributed by atoms with E-state index in [1.54, 1.807) is 0 Å². The Kier molecular flexibility index (Phi) is 3.91. The van der Waals surface area contributed by atoms with Crippen LogP contribution in [-0.4, -0.2) is 47.2 Å². The van der Waals surface area contributed by atoms with Gasteiger partial charge in [-0.25, -0.2) is 0 Å². The molecule has 18 heavy (non-hydrogen) atoms. The molecule has 0 bridgehead atoms. The van der Waals surface area contributed by atoms with E-state index in [-0.39, 0.29) is 18.3 Å². The minimum Gasteiger partial charge on any atom is -0.380 e. The van der Waals surface area contributed by atoms with Crippen LogP contribution < -0.4 is 0 Å². The van der Waals surface area contributed by atoms with Crippen molar-refractivity contribution in [3.8, 4) is 0 Å². The molecule has 1 saturated heterocycles. The van der Waals surface area contributed by atoms with Crippen molar-refractivity contribution in [1.29, 1.82) is 0 Å². The van der Waals surface area contributed by atoms with Gasteiger partial charge >= 0.3 is 6.18 Å². The van der Waals surface area contributed by atoms with E-state index in [1.165, 1.54) is 0 Å². The third kappa shape index (κ3) is 2.96. The third-order valence-electron chi connectivity index (χ3n) is 4.29. The highest BCUT2D eigenvalue weighted by molar-refractivity contribution is 7.80. The first kappa shape index (κ1) is 14.5. The van der Waals surface area contributed by atoms with Crippen molar-refractivity contribution in [2.75, 3.05) is 25.4 Å². The molecule has 2 rings (SSSR count). The lowest BCUT2D eigenvalue weighted by molar-refractivity contribution is -0.263. The molecular weight excluding hydrogens is 263 g/mol. The van der Waals surface area contributed by atoms with Crippen LogP contribution in [0.3, 0.4) is 0 Å². The van der Waals surface area contributed by atoms with Crippen molar-refractivity contribution < 1.29 is 18.3 Å². The second-order valence-electron chi connectivity index (χ2n) is 5.82. The molecule has 0 aromatic rings. The summed E-state index contributed by atoms with van der Waals surface area (Å²) in [7, 11) is 0. The number of aliphatic hydroxyl groups is 1. The van der Waals surface area contributed by atoms with Crippen molar-refractivity contribution in [3.63, 3.8) is 0 Å². The molecule has 6 heteroatoms. The van der Waals surface area contributed by atoms with E-state index in [0.717, 1.165) is 25.1 Å². The van der Waals surface area contributed by atoms with E-state index in [1.807, 2.05) is 0 Å². The summed E-state index contributed by atoms with van der Waals surface area (Å²) in [5.41, 5.74) is -2.26. The Hall–Kier alpha value is 0.0600. The average Bonchev–Trinajstić information content (AvgIpc) is 3.06. The lowest BCUT2D eigenvalue weighted by Gasteiger charge is -2.29. The van der Waals surface area contributed by atoms with E-state index >= 15 is 0 Å². The van der Waals surface area contributed by atoms with Crippen LogP contribution in [0.15, 0.2) is 0 Å². The Balaban J connectivity index is 1.92. The number of alkyl halides is 3. The second-order valence-corrected chi connectivity index (χ2v) is 6.13. The summed E-state index contributed by atoms with van der Waals surface area (Å²) >= 11 is 4.31. The first-order valence-electron chi connectivity index (χ1n) is 6.43. The van der Waals surface area contributed by atoms with Crippen LogP contribution in [0.2, 0.25) is 0 Å². The Labute approximate surface area is 111 Å². The van der Waals surface area contributed by atoms with Gasteiger partial charge in [0.25, 0.3) is 0 Å². The van der Waals surface area contributed by atoms with Crippen LogP contribution in [0.25, 0.3) is 0 Å². The van der Waals surface area contributed by atoms with Crippen LogP contribution in [0, 0.1) is 5.41 Å². The quantitative estimate of drug-likeness (QED) is 0.777. The van der Waals surface area contributed by atoms with Gasteiger partial charge in [0.2, 0.25) is 0 Å². The highest BCUT2D eigenvalue weighted by atomic mass is 32.1. The van der Waals surface area contributed by atoms with Gasteiger partial charge in [0.15, 0.2) is 5.60 Å². The van der Waals surface area contributed by atoms with Crippen LogP contribution in [0.1, 0.15) is 32.1 Å². The maximum Gasteiger partial charge on any atom is 0.417 e. The van der Waals surface area contributed by atoms with Gasteiger partial charge < -0.3 is 10.0 Å². The molecule has 1 aliphatic carbocycles. The standard InChI is InChI=1S/C12H20F3NOS/c13-12(14,15)11(17)2-1-6-16(7-5-11)8-10(9-18)3-4-10/h17-18H,1-9H2. The number of likely N-dealkylation sites (tertiary alicyclic amines) is 1. The van der Waals surface area contributed by atoms with E-state index in [9.17, 15) is 18.3 Å². The van der Waals surface area contributed by atoms with E-state index in [0.29, 0.717) is 19.5 Å². The average molecular weight is 283 g/mol. The largest absolute Gasteiger partial charge is 0.417 e. The molecule has 0 aromatic carbocycles. The summed E-state index contributed by atoms with van der Waals surface area (Å²) in [6, 6.07) is 0. The van der Waals surface area contributed by atoms with Gasteiger partial charge in [0.05, 0.1) is 0 Å². The summed E-state index contributed by atoms with van der Waals surface area (Å²) < 4.78 is 38.3. The Morgan fingerprint density at radius 2 is 1.78 bits per heavy atom. The molecule has 1 aliphatic heterocycles. The summed E-state index contributed by atoms with van der Waals surface area (Å²) in [6.45, 7) is 1.80. The number of rotatable bonds is 3. The van der Waals surface area contributed by atoms with Crippen molar-refractivity contribution in [3.05, 3.63) is 0 Å². The second kappa shape index (κ2) is 4.87. The normalized spacial score (nSPS) is 33.2. The monoisotopic (exact) mass is 283 g/mol. The lowest BCUT2D eigenvalue weighted by atomic mass is 9.94. The smallest absolute Gasteiger partial charge is 0.380 e. The van der Waals surface area contributed by atoms with Crippen molar-refractivity contribution in [1.82, 2.24) is 4.90 Å². The van der Waals surface area contributed by atoms with Gasteiger partial charge in [-0.15, -0.1) is 0 Å². The van der Waals surface area contributed by atoms with Crippen molar-refractivity contribution in [2.24, 2.45) is 5.41 Å². The molecule has 1 atom stereocenters. The molecule has 2 nitrogen and oxygen atoms in total. The fourth-order valence-corrected chi connectivity index (χ4v) is 3.05. The van der Waals surface area contributed by atoms with E-state index in [2.05, 4.69) is 17.5 Å². The summed E-state index contributed by atoms with van der Waals surface area (Å²) in [5.74, 6) is 0.799. The van der Waals surface area contributed by atoms with Gasteiger partial charge in [0.1, 0.15) is 0 Å². The minimum atomic E-state index is -4.51. The number of hydrogen-bond donors (Lipinski definition) is 2. The molecule has 106 valence electrons. The van der Waals surface area contributed by atoms with Gasteiger partial charge in [-0.3, -0.25) is 0 Å². The molecule has 1 heterocycles. The molecule has 0 radical (unpaired) electrons. The van der Waals surface area contributed by atoms with Gasteiger partial charge in [-0.05, 0) is 49.8 Å². The zero-order chi connectivity index (χ0) is 13.4. The summed E-state index contributed by atoms with van der Waals surface area (Å²) in [6.07, 6.45) is -2.25. The maximum atomic E-state index is 12.8. The molecule has 0 spiro atoms. The molecule has 2 fully saturated rings. The number of nitrogens with zero attached hydrogens (tertiary/aromatic N) is 1. The predicted octanol–water partition coefficient (Wildman–Crippen LogP) is 2.48. The van der Waals surface area contributed by atoms with Gasteiger partial charge in [-0.1, -0.05) is 0 Å². The fraction of sp³-hybridized carbons (Fsp3) is 1.00. The zero-order valence-electron chi connectivity index (χ0n) is 10.3. The Morgan fingerprint density at radius 1 is 1.11 bits per heavy atom. The molecule has 0 aromatic heterocycles. The van der Waals surface area contributed by atoms with Gasteiger partial charge in [-0.2, -0.15) is 25.8 Å². The SMILES string of the molecule is OC1(C(F)(F)F)CCCN(CC2(CS)CC2)CC1. The first-order chi connectivity index (χ1) is 8.30. The van der Waals surface area contributed by atoms with E-state index < -0.39 is 11.8 Å². The first-order valence-corrected chi connectivity index (χ1v) is 7.06. The predicted molar refractivity (Wildman–Crippen MR) is 66.8 cm³/mol. The summed E-state index contributed by atoms with van der Waals surface area (Å²) in [4.78, 5) is 2.06. The highest BCUT2D eigenvalue weighted by Crippen LogP contribution is 2.47. The van der Waals surface area contributed by atoms with Gasteiger partial charge in [0, 0.05) is 13.1 Å². The number of halogens is 3. The Bertz CT molecular complexity index is 306. The molecule has 0 amide bonds. The molecule has 1 unspecified atom stereocenters. The molecular formula is C12H20F3NOS. The number of thiol groups is 1. The molecule has 1 saturated carbocycles. The lowest BCUT2D eigenvalue weighted by Crippen LogP contribution is -2.45.